The molecule has 0 aliphatic carbocycles. The lowest BCUT2D eigenvalue weighted by molar-refractivity contribution is -0.144. The van der Waals surface area contributed by atoms with Crippen molar-refractivity contribution < 1.29 is 19.4 Å². The summed E-state index contributed by atoms with van der Waals surface area (Å²) in [6.45, 7) is 0. The number of esters is 1. The number of hydrogen-bond donors (Lipinski definition) is 1. The number of carbonyl (C=O) groups excluding carboxylic acids is 1. The number of benzene rings is 1. The van der Waals surface area contributed by atoms with Crippen LogP contribution in [-0.4, -0.2) is 17.0 Å². The number of ether oxygens (including phenoxy) is 1. The van der Waals surface area contributed by atoms with Crippen molar-refractivity contribution in [1.82, 2.24) is 0 Å². The molecule has 0 bridgehead atoms. The Morgan fingerprint density at radius 2 is 2.12 bits per heavy atom. The van der Waals surface area contributed by atoms with E-state index in [0.29, 0.717) is 15.6 Å². The van der Waals surface area contributed by atoms with E-state index in [1.807, 2.05) is 0 Å². The molecule has 0 unspecified atom stereocenters. The molecule has 4 nitrogen and oxygen atoms in total. The standard InChI is InChI=1S/C11H8Cl2O4/c12-5-1-2-6(8(13)3-5)10-7(11(15)16)4-9(14)17-10/h1-3,7,10H,4H2,(H,15,16)/t7-,10-/m0/s1. The third-order valence-corrected chi connectivity index (χ3v) is 3.16. The normalized spacial score (nSPS) is 23.5. The maximum absolute atomic E-state index is 11.2. The molecule has 1 N–H and O–H groups in total. The first kappa shape index (κ1) is 12.2. The Morgan fingerprint density at radius 1 is 1.41 bits per heavy atom. The Kier molecular flexibility index (Phi) is 3.26. The quantitative estimate of drug-likeness (QED) is 0.843. The lowest BCUT2D eigenvalue weighted by atomic mass is 9.95. The number of aliphatic carboxylic acids is 1. The Morgan fingerprint density at radius 3 is 2.71 bits per heavy atom. The van der Waals surface area contributed by atoms with Crippen LogP contribution in [0.25, 0.3) is 0 Å². The number of carboxylic acids is 1. The molecular formula is C11H8Cl2O4. The SMILES string of the molecule is O=C1C[C@H](C(=O)O)[C@H](c2ccc(Cl)cc2Cl)O1. The molecule has 0 amide bonds. The van der Waals surface area contributed by atoms with Crippen molar-refractivity contribution in [1.29, 1.82) is 0 Å². The van der Waals surface area contributed by atoms with Crippen molar-refractivity contribution in [3.8, 4) is 0 Å². The molecule has 1 aromatic rings. The van der Waals surface area contributed by atoms with Crippen molar-refractivity contribution in [3.05, 3.63) is 33.8 Å². The van der Waals surface area contributed by atoms with Crippen LogP contribution in [-0.2, 0) is 14.3 Å². The maximum Gasteiger partial charge on any atom is 0.311 e. The number of carbonyl (C=O) groups is 2. The van der Waals surface area contributed by atoms with E-state index in [1.165, 1.54) is 6.07 Å². The van der Waals surface area contributed by atoms with Crippen LogP contribution < -0.4 is 0 Å². The van der Waals surface area contributed by atoms with E-state index in [2.05, 4.69) is 0 Å². The highest BCUT2D eigenvalue weighted by atomic mass is 35.5. The van der Waals surface area contributed by atoms with Crippen LogP contribution in [0.15, 0.2) is 18.2 Å². The van der Waals surface area contributed by atoms with Crippen LogP contribution in [0.5, 0.6) is 0 Å². The minimum Gasteiger partial charge on any atom is -0.481 e. The number of rotatable bonds is 2. The van der Waals surface area contributed by atoms with E-state index in [9.17, 15) is 9.59 Å². The van der Waals surface area contributed by atoms with Gasteiger partial charge in [0.15, 0.2) is 0 Å². The average Bonchev–Trinajstić information content (AvgIpc) is 2.60. The monoisotopic (exact) mass is 274 g/mol. The fourth-order valence-electron chi connectivity index (χ4n) is 1.79. The Balaban J connectivity index is 2.38. The second-order valence-electron chi connectivity index (χ2n) is 3.73. The van der Waals surface area contributed by atoms with Crippen LogP contribution in [0.1, 0.15) is 18.1 Å². The minimum atomic E-state index is -1.08. The van der Waals surface area contributed by atoms with Crippen molar-refractivity contribution >= 4 is 35.1 Å². The van der Waals surface area contributed by atoms with E-state index < -0.39 is 24.0 Å². The molecule has 1 saturated heterocycles. The lowest BCUT2D eigenvalue weighted by Gasteiger charge is -2.15. The molecule has 2 rings (SSSR count). The van der Waals surface area contributed by atoms with E-state index in [1.54, 1.807) is 12.1 Å². The van der Waals surface area contributed by atoms with Gasteiger partial charge in [-0.2, -0.15) is 0 Å². The zero-order chi connectivity index (χ0) is 12.6. The predicted octanol–water partition coefficient (Wildman–Crippen LogP) is 2.68. The van der Waals surface area contributed by atoms with Crippen molar-refractivity contribution in [2.24, 2.45) is 5.92 Å². The summed E-state index contributed by atoms with van der Waals surface area (Å²) in [5.41, 5.74) is 0.467. The molecule has 1 aromatic carbocycles. The van der Waals surface area contributed by atoms with Gasteiger partial charge < -0.3 is 9.84 Å². The summed E-state index contributed by atoms with van der Waals surface area (Å²) in [4.78, 5) is 22.2. The summed E-state index contributed by atoms with van der Waals surface area (Å²) in [5, 5.41) is 9.74. The highest BCUT2D eigenvalue weighted by molar-refractivity contribution is 6.35. The van der Waals surface area contributed by atoms with Gasteiger partial charge in [-0.15, -0.1) is 0 Å². The summed E-state index contributed by atoms with van der Waals surface area (Å²) >= 11 is 11.7. The van der Waals surface area contributed by atoms with Crippen molar-refractivity contribution in [2.45, 2.75) is 12.5 Å². The van der Waals surface area contributed by atoms with Crippen LogP contribution in [0.4, 0.5) is 0 Å². The molecule has 90 valence electrons. The van der Waals surface area contributed by atoms with Crippen LogP contribution in [0.2, 0.25) is 10.0 Å². The summed E-state index contributed by atoms with van der Waals surface area (Å²) in [5.74, 6) is -2.51. The first-order chi connectivity index (χ1) is 7.99. The van der Waals surface area contributed by atoms with Gasteiger partial charge in [0.25, 0.3) is 0 Å². The van der Waals surface area contributed by atoms with Gasteiger partial charge in [0.1, 0.15) is 12.0 Å². The van der Waals surface area contributed by atoms with E-state index in [4.69, 9.17) is 33.0 Å². The molecule has 0 spiro atoms. The van der Waals surface area contributed by atoms with E-state index in [0.717, 1.165) is 0 Å². The van der Waals surface area contributed by atoms with Gasteiger partial charge in [0.2, 0.25) is 0 Å². The highest BCUT2D eigenvalue weighted by Gasteiger charge is 2.41. The first-order valence-corrected chi connectivity index (χ1v) is 5.62. The summed E-state index contributed by atoms with van der Waals surface area (Å²) in [6.07, 6.45) is -0.983. The second kappa shape index (κ2) is 4.55. The van der Waals surface area contributed by atoms with Crippen LogP contribution in [0.3, 0.4) is 0 Å². The maximum atomic E-state index is 11.2. The topological polar surface area (TPSA) is 63.6 Å². The molecule has 1 fully saturated rings. The number of carboxylic acid groups (broad SMARTS) is 1. The molecule has 0 radical (unpaired) electrons. The molecule has 1 aliphatic heterocycles. The Bertz CT molecular complexity index is 486. The highest BCUT2D eigenvalue weighted by Crippen LogP contribution is 2.39. The fraction of sp³-hybridized carbons (Fsp3) is 0.273. The zero-order valence-corrected chi connectivity index (χ0v) is 10.0. The molecule has 0 aromatic heterocycles. The third-order valence-electron chi connectivity index (χ3n) is 2.60. The van der Waals surface area contributed by atoms with E-state index in [-0.39, 0.29) is 6.42 Å². The average molecular weight is 275 g/mol. The van der Waals surface area contributed by atoms with Gasteiger partial charge in [0, 0.05) is 15.6 Å². The van der Waals surface area contributed by atoms with Gasteiger partial charge in [-0.25, -0.2) is 0 Å². The first-order valence-electron chi connectivity index (χ1n) is 4.86. The van der Waals surface area contributed by atoms with Gasteiger partial charge in [0.05, 0.1) is 6.42 Å². The molecule has 17 heavy (non-hydrogen) atoms. The molecule has 1 aliphatic rings. The van der Waals surface area contributed by atoms with Gasteiger partial charge in [-0.3, -0.25) is 9.59 Å². The van der Waals surface area contributed by atoms with Crippen molar-refractivity contribution in [3.63, 3.8) is 0 Å². The zero-order valence-electron chi connectivity index (χ0n) is 8.52. The minimum absolute atomic E-state index is 0.140. The summed E-state index contributed by atoms with van der Waals surface area (Å²) < 4.78 is 4.99. The number of cyclic esters (lactones) is 1. The molecular weight excluding hydrogens is 267 g/mol. The smallest absolute Gasteiger partial charge is 0.311 e. The van der Waals surface area contributed by atoms with Crippen LogP contribution in [0, 0.1) is 5.92 Å². The molecule has 6 heteroatoms. The second-order valence-corrected chi connectivity index (χ2v) is 4.57. The third kappa shape index (κ3) is 2.37. The van der Waals surface area contributed by atoms with Crippen molar-refractivity contribution in [2.75, 3.05) is 0 Å². The largest absolute Gasteiger partial charge is 0.481 e. The van der Waals surface area contributed by atoms with E-state index >= 15 is 0 Å². The van der Waals surface area contributed by atoms with Crippen LogP contribution >= 0.6 is 23.2 Å². The molecule has 0 saturated carbocycles. The summed E-state index contributed by atoms with van der Waals surface area (Å²) in [6, 6.07) is 4.64. The summed E-state index contributed by atoms with van der Waals surface area (Å²) in [7, 11) is 0. The van der Waals surface area contributed by atoms with Gasteiger partial charge in [-0.1, -0.05) is 29.3 Å². The molecule has 2 atom stereocenters. The fourth-order valence-corrected chi connectivity index (χ4v) is 2.30. The van der Waals surface area contributed by atoms with Gasteiger partial charge >= 0.3 is 11.9 Å². The molecule has 1 heterocycles. The van der Waals surface area contributed by atoms with Gasteiger partial charge in [-0.05, 0) is 12.1 Å². The predicted molar refractivity (Wildman–Crippen MR) is 61.0 cm³/mol. The number of halogens is 2. The Hall–Kier alpha value is -1.26. The Labute approximate surface area is 107 Å². The lowest BCUT2D eigenvalue weighted by Crippen LogP contribution is -2.17. The number of hydrogen-bond acceptors (Lipinski definition) is 3.